The molecule has 0 spiro atoms. The SMILES string of the molecule is COC(=O)C1=C(NC(=O)C(C)C)CCS1. The lowest BCUT2D eigenvalue weighted by atomic mass is 10.2. The summed E-state index contributed by atoms with van der Waals surface area (Å²) in [5.74, 6) is 0.311. The van der Waals surface area contributed by atoms with Crippen molar-refractivity contribution in [3.05, 3.63) is 10.6 Å². The van der Waals surface area contributed by atoms with E-state index in [-0.39, 0.29) is 17.8 Å². The molecule has 0 aromatic heterocycles. The van der Waals surface area contributed by atoms with Crippen LogP contribution >= 0.6 is 11.8 Å². The van der Waals surface area contributed by atoms with Gasteiger partial charge < -0.3 is 10.1 Å². The molecule has 1 aliphatic heterocycles. The first-order chi connectivity index (χ1) is 7.06. The molecule has 0 radical (unpaired) electrons. The fourth-order valence-electron chi connectivity index (χ4n) is 1.14. The maximum atomic E-state index is 11.4. The zero-order chi connectivity index (χ0) is 11.4. The molecule has 0 bridgehead atoms. The Kier molecular flexibility index (Phi) is 4.20. The fraction of sp³-hybridized carbons (Fsp3) is 0.600. The maximum Gasteiger partial charge on any atom is 0.346 e. The average molecular weight is 229 g/mol. The van der Waals surface area contributed by atoms with Crippen molar-refractivity contribution in [1.82, 2.24) is 5.32 Å². The van der Waals surface area contributed by atoms with Crippen LogP contribution in [0.4, 0.5) is 0 Å². The predicted molar refractivity (Wildman–Crippen MR) is 59.1 cm³/mol. The molecule has 0 atom stereocenters. The van der Waals surface area contributed by atoms with Crippen molar-refractivity contribution in [3.63, 3.8) is 0 Å². The monoisotopic (exact) mass is 229 g/mol. The third-order valence-electron chi connectivity index (χ3n) is 2.04. The van der Waals surface area contributed by atoms with Gasteiger partial charge in [-0.1, -0.05) is 13.8 Å². The van der Waals surface area contributed by atoms with Crippen molar-refractivity contribution in [3.8, 4) is 0 Å². The van der Waals surface area contributed by atoms with Crippen molar-refractivity contribution in [1.29, 1.82) is 0 Å². The van der Waals surface area contributed by atoms with E-state index in [0.29, 0.717) is 17.0 Å². The lowest BCUT2D eigenvalue weighted by Crippen LogP contribution is -2.27. The van der Waals surface area contributed by atoms with E-state index < -0.39 is 0 Å². The number of allylic oxidation sites excluding steroid dienone is 1. The molecule has 4 nitrogen and oxygen atoms in total. The summed E-state index contributed by atoms with van der Waals surface area (Å²) in [4.78, 5) is 23.3. The number of esters is 1. The summed E-state index contributed by atoms with van der Waals surface area (Å²) in [6.45, 7) is 3.63. The van der Waals surface area contributed by atoms with Crippen molar-refractivity contribution in [2.45, 2.75) is 20.3 Å². The van der Waals surface area contributed by atoms with Crippen LogP contribution in [-0.2, 0) is 14.3 Å². The molecule has 0 aromatic rings. The molecule has 1 N–H and O–H groups in total. The lowest BCUT2D eigenvalue weighted by Gasteiger charge is -2.09. The number of rotatable bonds is 3. The Hall–Kier alpha value is -0.970. The highest BCUT2D eigenvalue weighted by molar-refractivity contribution is 8.04. The third kappa shape index (κ3) is 2.99. The number of nitrogens with one attached hydrogen (secondary N) is 1. The topological polar surface area (TPSA) is 55.4 Å². The van der Waals surface area contributed by atoms with Gasteiger partial charge in [0.25, 0.3) is 0 Å². The van der Waals surface area contributed by atoms with Gasteiger partial charge in [0.1, 0.15) is 4.91 Å². The highest BCUT2D eigenvalue weighted by Crippen LogP contribution is 2.30. The maximum absolute atomic E-state index is 11.4. The molecule has 0 aliphatic carbocycles. The van der Waals surface area contributed by atoms with Gasteiger partial charge in [-0.05, 0) is 6.42 Å². The summed E-state index contributed by atoms with van der Waals surface area (Å²) < 4.78 is 4.64. The minimum atomic E-state index is -0.364. The van der Waals surface area contributed by atoms with E-state index in [1.807, 2.05) is 13.8 Å². The van der Waals surface area contributed by atoms with Crippen LogP contribution < -0.4 is 5.32 Å². The fourth-order valence-corrected chi connectivity index (χ4v) is 2.18. The number of amides is 1. The molecular formula is C10H15NO3S. The Balaban J connectivity index is 2.74. The first-order valence-corrected chi connectivity index (χ1v) is 5.80. The first kappa shape index (κ1) is 12.1. The van der Waals surface area contributed by atoms with Crippen LogP contribution in [0, 0.1) is 5.92 Å². The average Bonchev–Trinajstić information content (AvgIpc) is 2.64. The summed E-state index contributed by atoms with van der Waals surface area (Å²) >= 11 is 1.43. The number of hydrogen-bond acceptors (Lipinski definition) is 4. The number of hydrogen-bond donors (Lipinski definition) is 1. The summed E-state index contributed by atoms with van der Waals surface area (Å²) in [5.41, 5.74) is 0.700. The predicted octanol–water partition coefficient (Wildman–Crippen LogP) is 1.28. The zero-order valence-corrected chi connectivity index (χ0v) is 9.94. The molecule has 15 heavy (non-hydrogen) atoms. The van der Waals surface area contributed by atoms with Gasteiger partial charge in [-0.3, -0.25) is 4.79 Å². The molecule has 0 fully saturated rings. The van der Waals surface area contributed by atoms with Crippen molar-refractivity contribution in [2.75, 3.05) is 12.9 Å². The minimum Gasteiger partial charge on any atom is -0.465 e. The smallest absolute Gasteiger partial charge is 0.346 e. The molecule has 1 heterocycles. The Bertz CT molecular complexity index is 310. The second kappa shape index (κ2) is 5.21. The summed E-state index contributed by atoms with van der Waals surface area (Å²) in [7, 11) is 1.34. The van der Waals surface area contributed by atoms with Crippen LogP contribution in [0.15, 0.2) is 10.6 Å². The van der Waals surface area contributed by atoms with E-state index in [0.717, 1.165) is 5.75 Å². The van der Waals surface area contributed by atoms with E-state index in [1.165, 1.54) is 18.9 Å². The normalized spacial score (nSPS) is 15.7. The van der Waals surface area contributed by atoms with Crippen molar-refractivity contribution >= 4 is 23.6 Å². The second-order valence-electron chi connectivity index (χ2n) is 3.54. The molecule has 5 heteroatoms. The van der Waals surface area contributed by atoms with E-state index >= 15 is 0 Å². The second-order valence-corrected chi connectivity index (χ2v) is 4.65. The quantitative estimate of drug-likeness (QED) is 0.741. The molecule has 1 rings (SSSR count). The molecular weight excluding hydrogens is 214 g/mol. The third-order valence-corrected chi connectivity index (χ3v) is 3.15. The van der Waals surface area contributed by atoms with Crippen LogP contribution in [0.3, 0.4) is 0 Å². The first-order valence-electron chi connectivity index (χ1n) is 4.81. The number of thioether (sulfide) groups is 1. The molecule has 84 valence electrons. The number of ether oxygens (including phenoxy) is 1. The molecule has 1 aliphatic rings. The van der Waals surface area contributed by atoms with Gasteiger partial charge in [0.05, 0.1) is 7.11 Å². The highest BCUT2D eigenvalue weighted by atomic mass is 32.2. The summed E-state index contributed by atoms with van der Waals surface area (Å²) in [6.07, 6.45) is 0.716. The zero-order valence-electron chi connectivity index (χ0n) is 9.12. The Morgan fingerprint density at radius 2 is 2.13 bits per heavy atom. The van der Waals surface area contributed by atoms with Crippen LogP contribution in [0.25, 0.3) is 0 Å². The van der Waals surface area contributed by atoms with Gasteiger partial charge >= 0.3 is 5.97 Å². The van der Waals surface area contributed by atoms with Crippen LogP contribution in [0.2, 0.25) is 0 Å². The standard InChI is InChI=1S/C10H15NO3S/c1-6(2)9(12)11-7-4-5-15-8(7)10(13)14-3/h6H,4-5H2,1-3H3,(H,11,12). The van der Waals surface area contributed by atoms with Crippen LogP contribution in [-0.4, -0.2) is 24.7 Å². The van der Waals surface area contributed by atoms with E-state index in [2.05, 4.69) is 10.1 Å². The van der Waals surface area contributed by atoms with Gasteiger partial charge in [0.15, 0.2) is 0 Å². The minimum absolute atomic E-state index is 0.0612. The van der Waals surface area contributed by atoms with Gasteiger partial charge in [0, 0.05) is 17.4 Å². The molecule has 0 aromatic carbocycles. The summed E-state index contributed by atoms with van der Waals surface area (Å²) in [6, 6.07) is 0. The van der Waals surface area contributed by atoms with E-state index in [4.69, 9.17) is 0 Å². The van der Waals surface area contributed by atoms with Crippen molar-refractivity contribution in [2.24, 2.45) is 5.92 Å². The van der Waals surface area contributed by atoms with Gasteiger partial charge in [0.2, 0.25) is 5.91 Å². The van der Waals surface area contributed by atoms with Gasteiger partial charge in [-0.15, -0.1) is 11.8 Å². The lowest BCUT2D eigenvalue weighted by molar-refractivity contribution is -0.135. The van der Waals surface area contributed by atoms with E-state index in [9.17, 15) is 9.59 Å². The number of methoxy groups -OCH3 is 1. The molecule has 1 amide bonds. The highest BCUT2D eigenvalue weighted by Gasteiger charge is 2.24. The van der Waals surface area contributed by atoms with Crippen LogP contribution in [0.5, 0.6) is 0 Å². The van der Waals surface area contributed by atoms with Crippen LogP contribution in [0.1, 0.15) is 20.3 Å². The Morgan fingerprint density at radius 1 is 1.47 bits per heavy atom. The largest absolute Gasteiger partial charge is 0.465 e. The van der Waals surface area contributed by atoms with Gasteiger partial charge in [-0.25, -0.2) is 4.79 Å². The molecule has 0 unspecified atom stereocenters. The Morgan fingerprint density at radius 3 is 2.67 bits per heavy atom. The number of carbonyl (C=O) groups is 2. The molecule has 0 saturated carbocycles. The molecule has 0 saturated heterocycles. The number of carbonyl (C=O) groups excluding carboxylic acids is 2. The van der Waals surface area contributed by atoms with Gasteiger partial charge in [-0.2, -0.15) is 0 Å². The van der Waals surface area contributed by atoms with E-state index in [1.54, 1.807) is 0 Å². The summed E-state index contributed by atoms with van der Waals surface area (Å²) in [5, 5.41) is 2.76. The van der Waals surface area contributed by atoms with Crippen molar-refractivity contribution < 1.29 is 14.3 Å². The Labute approximate surface area is 93.4 Å².